The van der Waals surface area contributed by atoms with Crippen LogP contribution in [0.25, 0.3) is 0 Å². The van der Waals surface area contributed by atoms with E-state index in [4.69, 9.17) is 37.0 Å². The third-order valence-electron chi connectivity index (χ3n) is 18.4. The Morgan fingerprint density at radius 2 is 0.505 bits per heavy atom. The Kier molecular flexibility index (Phi) is 66.5. The molecule has 0 amide bonds. The third-order valence-corrected chi connectivity index (χ3v) is 20.3. The third kappa shape index (κ3) is 67.6. The van der Waals surface area contributed by atoms with Crippen LogP contribution >= 0.6 is 15.6 Å². The van der Waals surface area contributed by atoms with Crippen molar-refractivity contribution in [2.24, 2.45) is 11.8 Å². The van der Waals surface area contributed by atoms with Crippen molar-refractivity contribution >= 4 is 39.5 Å². The lowest BCUT2D eigenvalue weighted by Gasteiger charge is -2.21. The van der Waals surface area contributed by atoms with Gasteiger partial charge in [0.05, 0.1) is 26.4 Å². The molecule has 0 aromatic heterocycles. The molecule has 3 N–H and O–H groups in total. The summed E-state index contributed by atoms with van der Waals surface area (Å²) in [7, 11) is -9.90. The average molecular weight is 1400 g/mol. The largest absolute Gasteiger partial charge is 0.472 e. The average Bonchev–Trinajstić information content (AvgIpc) is 2.02. The quantitative estimate of drug-likeness (QED) is 0.0222. The SMILES string of the molecule is CCCCCCCCCCCCCCC(=O)O[C@H](COC(=O)CCCCCCCCC)COP(=O)(O)OC[C@H](O)COP(=O)(O)OC[C@@H](COC(=O)CCCCCCCCCCCCCCCCC(C)CC)OC(=O)CCCCCCCCCCCCCCCCC(C)CC. The molecule has 17 nitrogen and oxygen atoms in total. The van der Waals surface area contributed by atoms with Crippen LogP contribution in [0.3, 0.4) is 0 Å². The molecular formula is C76H148O17P2. The fraction of sp³-hybridized carbons (Fsp3) is 0.947. The van der Waals surface area contributed by atoms with Gasteiger partial charge in [-0.25, -0.2) is 9.13 Å². The molecule has 0 fully saturated rings. The van der Waals surface area contributed by atoms with Crippen molar-refractivity contribution in [3.63, 3.8) is 0 Å². The summed E-state index contributed by atoms with van der Waals surface area (Å²) < 4.78 is 68.4. The van der Waals surface area contributed by atoms with E-state index in [1.165, 1.54) is 199 Å². The number of aliphatic hydroxyl groups excluding tert-OH is 1. The van der Waals surface area contributed by atoms with Crippen molar-refractivity contribution in [3.05, 3.63) is 0 Å². The lowest BCUT2D eigenvalue weighted by atomic mass is 9.99. The topological polar surface area (TPSA) is 237 Å². The van der Waals surface area contributed by atoms with Crippen LogP contribution in [-0.4, -0.2) is 96.7 Å². The molecule has 0 rings (SSSR count). The lowest BCUT2D eigenvalue weighted by molar-refractivity contribution is -0.161. The number of rotatable bonds is 75. The molecule has 0 heterocycles. The maximum Gasteiger partial charge on any atom is 0.472 e. The van der Waals surface area contributed by atoms with Crippen LogP contribution < -0.4 is 0 Å². The summed E-state index contributed by atoms with van der Waals surface area (Å²) in [5.74, 6) is -0.423. The molecule has 564 valence electrons. The molecule has 0 aromatic rings. The predicted molar refractivity (Wildman–Crippen MR) is 386 cm³/mol. The van der Waals surface area contributed by atoms with E-state index in [9.17, 15) is 43.2 Å². The second-order valence-corrected chi connectivity index (χ2v) is 30.8. The molecule has 19 heteroatoms. The summed E-state index contributed by atoms with van der Waals surface area (Å²) in [6.07, 6.45) is 55.4. The first kappa shape index (κ1) is 93.1. The van der Waals surface area contributed by atoms with Gasteiger partial charge < -0.3 is 33.8 Å². The van der Waals surface area contributed by atoms with E-state index in [2.05, 4.69) is 41.5 Å². The summed E-state index contributed by atoms with van der Waals surface area (Å²) in [6, 6.07) is 0. The zero-order valence-corrected chi connectivity index (χ0v) is 63.8. The molecule has 95 heavy (non-hydrogen) atoms. The number of phosphoric ester groups is 2. The zero-order valence-electron chi connectivity index (χ0n) is 62.0. The van der Waals surface area contributed by atoms with Crippen LogP contribution in [0.15, 0.2) is 0 Å². The Morgan fingerprint density at radius 1 is 0.295 bits per heavy atom. The molecule has 0 aliphatic carbocycles. The fourth-order valence-electron chi connectivity index (χ4n) is 11.6. The van der Waals surface area contributed by atoms with Crippen molar-refractivity contribution in [3.8, 4) is 0 Å². The van der Waals surface area contributed by atoms with Gasteiger partial charge in [-0.15, -0.1) is 0 Å². The van der Waals surface area contributed by atoms with Gasteiger partial charge in [0, 0.05) is 25.7 Å². The number of carbonyl (C=O) groups excluding carboxylic acids is 4. The van der Waals surface area contributed by atoms with Gasteiger partial charge in [0.25, 0.3) is 0 Å². The number of hydrogen-bond donors (Lipinski definition) is 3. The summed E-state index contributed by atoms with van der Waals surface area (Å²) in [6.45, 7) is 9.67. The number of ether oxygens (including phenoxy) is 4. The van der Waals surface area contributed by atoms with Gasteiger partial charge in [-0.3, -0.25) is 37.3 Å². The minimum absolute atomic E-state index is 0.107. The standard InChI is InChI=1S/C76H148O17P2/c1-7-11-13-15-17-18-19-30-36-42-48-54-60-75(80)92-71(64-86-73(78)58-52-46-38-16-14-12-8-2)66-90-94(82,83)88-62-70(77)63-89-95(84,85)91-67-72(93-76(81)61-55-49-43-37-32-27-23-21-25-29-34-40-45-51-57-69(6)10-4)65-87-74(79)59-53-47-41-35-31-26-22-20-24-28-33-39-44-50-56-68(5)9-3/h68-72,77H,7-67H2,1-6H3,(H,82,83)(H,84,85)/t68?,69?,70-,71+,72+/m0/s1. The van der Waals surface area contributed by atoms with Crippen molar-refractivity contribution in [2.75, 3.05) is 39.6 Å². The van der Waals surface area contributed by atoms with Crippen LogP contribution in [0.1, 0.15) is 395 Å². The first-order valence-electron chi connectivity index (χ1n) is 39.6. The maximum atomic E-state index is 13.1. The molecule has 0 aromatic carbocycles. The minimum atomic E-state index is -4.96. The number of phosphoric acid groups is 2. The van der Waals surface area contributed by atoms with E-state index >= 15 is 0 Å². The molecule has 0 saturated carbocycles. The Labute approximate surface area is 581 Å². The van der Waals surface area contributed by atoms with Gasteiger partial charge in [-0.1, -0.05) is 343 Å². The second-order valence-electron chi connectivity index (χ2n) is 27.9. The van der Waals surface area contributed by atoms with E-state index < -0.39 is 97.5 Å². The summed E-state index contributed by atoms with van der Waals surface area (Å²) >= 11 is 0. The van der Waals surface area contributed by atoms with E-state index in [0.29, 0.717) is 25.7 Å². The van der Waals surface area contributed by atoms with Crippen LogP contribution in [-0.2, 0) is 65.4 Å². The van der Waals surface area contributed by atoms with Crippen molar-refractivity contribution in [1.82, 2.24) is 0 Å². The first-order chi connectivity index (χ1) is 45.9. The first-order valence-corrected chi connectivity index (χ1v) is 42.6. The molecule has 0 saturated heterocycles. The van der Waals surface area contributed by atoms with E-state index in [0.717, 1.165) is 115 Å². The zero-order chi connectivity index (χ0) is 70.0. The van der Waals surface area contributed by atoms with Gasteiger partial charge in [0.15, 0.2) is 12.2 Å². The minimum Gasteiger partial charge on any atom is -0.462 e. The van der Waals surface area contributed by atoms with Crippen molar-refractivity contribution < 1.29 is 80.2 Å². The monoisotopic (exact) mass is 1400 g/mol. The highest BCUT2D eigenvalue weighted by atomic mass is 31.2. The van der Waals surface area contributed by atoms with Gasteiger partial charge in [0.1, 0.15) is 19.3 Å². The summed E-state index contributed by atoms with van der Waals surface area (Å²) in [5, 5.41) is 10.6. The number of esters is 4. The Hall–Kier alpha value is -1.94. The van der Waals surface area contributed by atoms with Crippen molar-refractivity contribution in [1.29, 1.82) is 0 Å². The number of hydrogen-bond acceptors (Lipinski definition) is 15. The molecule has 4 unspecified atom stereocenters. The highest BCUT2D eigenvalue weighted by Gasteiger charge is 2.30. The molecular weight excluding hydrogens is 1250 g/mol. The summed E-state index contributed by atoms with van der Waals surface area (Å²) in [4.78, 5) is 72.7. The van der Waals surface area contributed by atoms with Crippen LogP contribution in [0.2, 0.25) is 0 Å². The highest BCUT2D eigenvalue weighted by molar-refractivity contribution is 7.47. The van der Waals surface area contributed by atoms with E-state index in [1.807, 2.05) is 0 Å². The van der Waals surface area contributed by atoms with E-state index in [1.54, 1.807) is 0 Å². The predicted octanol–water partition coefficient (Wildman–Crippen LogP) is 22.3. The smallest absolute Gasteiger partial charge is 0.462 e. The highest BCUT2D eigenvalue weighted by Crippen LogP contribution is 2.45. The van der Waals surface area contributed by atoms with Crippen LogP contribution in [0.5, 0.6) is 0 Å². The van der Waals surface area contributed by atoms with Crippen molar-refractivity contribution in [2.45, 2.75) is 413 Å². The van der Waals surface area contributed by atoms with Gasteiger partial charge in [-0.2, -0.15) is 0 Å². The maximum absolute atomic E-state index is 13.1. The Morgan fingerprint density at radius 3 is 0.747 bits per heavy atom. The van der Waals surface area contributed by atoms with Crippen LogP contribution in [0, 0.1) is 11.8 Å². The normalized spacial score (nSPS) is 14.6. The fourth-order valence-corrected chi connectivity index (χ4v) is 13.2. The Bertz CT molecular complexity index is 1840. The molecule has 0 radical (unpaired) electrons. The Balaban J connectivity index is 5.19. The lowest BCUT2D eigenvalue weighted by Crippen LogP contribution is -2.30. The van der Waals surface area contributed by atoms with Crippen LogP contribution in [0.4, 0.5) is 0 Å². The molecule has 7 atom stereocenters. The van der Waals surface area contributed by atoms with E-state index in [-0.39, 0.29) is 25.7 Å². The number of aliphatic hydroxyl groups is 1. The summed E-state index contributed by atoms with van der Waals surface area (Å²) in [5.41, 5.74) is 0. The molecule has 0 spiro atoms. The second kappa shape index (κ2) is 67.9. The number of carbonyl (C=O) groups is 4. The molecule has 0 aliphatic heterocycles. The molecule has 0 aliphatic rings. The van der Waals surface area contributed by atoms with Gasteiger partial charge in [-0.05, 0) is 37.5 Å². The number of unbranched alkanes of at least 4 members (excludes halogenated alkanes) is 43. The molecule has 0 bridgehead atoms. The van der Waals surface area contributed by atoms with Gasteiger partial charge >= 0.3 is 39.5 Å². The van der Waals surface area contributed by atoms with Gasteiger partial charge in [0.2, 0.25) is 0 Å².